The molecule has 0 aliphatic carbocycles. The highest BCUT2D eigenvalue weighted by molar-refractivity contribution is 9.10. The maximum Gasteiger partial charge on any atom is 0.0876 e. The van der Waals surface area contributed by atoms with Crippen LogP contribution in [0.3, 0.4) is 0 Å². The second kappa shape index (κ2) is 5.68. The Bertz CT molecular complexity index is 732. The molecule has 0 spiro atoms. The van der Waals surface area contributed by atoms with Gasteiger partial charge < -0.3 is 5.32 Å². The molecule has 1 aromatic carbocycles. The summed E-state index contributed by atoms with van der Waals surface area (Å²) in [7, 11) is 4.00. The second-order valence-corrected chi connectivity index (χ2v) is 6.71. The van der Waals surface area contributed by atoms with E-state index in [1.807, 2.05) is 18.8 Å². The predicted molar refractivity (Wildman–Crippen MR) is 88.2 cm³/mol. The Morgan fingerprint density at radius 2 is 2.20 bits per heavy atom. The Morgan fingerprint density at radius 3 is 2.90 bits per heavy atom. The summed E-state index contributed by atoms with van der Waals surface area (Å²) >= 11 is 5.29. The van der Waals surface area contributed by atoms with E-state index in [9.17, 15) is 0 Å². The smallest absolute Gasteiger partial charge is 0.0876 e. The van der Waals surface area contributed by atoms with Crippen LogP contribution in [0.1, 0.15) is 16.6 Å². The molecule has 0 fully saturated rings. The monoisotopic (exact) mass is 349 g/mol. The first-order valence-corrected chi connectivity index (χ1v) is 8.18. The van der Waals surface area contributed by atoms with Crippen LogP contribution in [-0.4, -0.2) is 16.8 Å². The average molecular weight is 350 g/mol. The van der Waals surface area contributed by atoms with Gasteiger partial charge in [-0.25, -0.2) is 0 Å². The van der Waals surface area contributed by atoms with Crippen molar-refractivity contribution in [2.45, 2.75) is 12.5 Å². The molecule has 3 nitrogen and oxygen atoms in total. The number of aromatic nitrogens is 2. The van der Waals surface area contributed by atoms with Gasteiger partial charge in [0, 0.05) is 33.6 Å². The van der Waals surface area contributed by atoms with Crippen LogP contribution in [0.25, 0.3) is 10.9 Å². The van der Waals surface area contributed by atoms with Crippen molar-refractivity contribution in [3.63, 3.8) is 0 Å². The lowest BCUT2D eigenvalue weighted by Gasteiger charge is -2.13. The molecule has 1 N–H and O–H groups in total. The van der Waals surface area contributed by atoms with Crippen molar-refractivity contribution in [3.05, 3.63) is 50.8 Å². The largest absolute Gasteiger partial charge is 0.311 e. The van der Waals surface area contributed by atoms with E-state index in [0.29, 0.717) is 0 Å². The topological polar surface area (TPSA) is 29.9 Å². The fourth-order valence-corrected chi connectivity index (χ4v) is 3.99. The first-order valence-electron chi connectivity index (χ1n) is 6.51. The quantitative estimate of drug-likeness (QED) is 0.773. The van der Waals surface area contributed by atoms with Gasteiger partial charge in [-0.1, -0.05) is 18.2 Å². The zero-order valence-electron chi connectivity index (χ0n) is 11.4. The summed E-state index contributed by atoms with van der Waals surface area (Å²) in [6, 6.07) is 10.8. The number of hydrogen-bond acceptors (Lipinski definition) is 3. The maximum atomic E-state index is 4.71. The van der Waals surface area contributed by atoms with Crippen molar-refractivity contribution in [2.75, 3.05) is 7.05 Å². The zero-order valence-corrected chi connectivity index (χ0v) is 13.8. The lowest BCUT2D eigenvalue weighted by Crippen LogP contribution is -2.19. The minimum Gasteiger partial charge on any atom is -0.311 e. The normalized spacial score (nSPS) is 12.9. The number of halogens is 1. The Morgan fingerprint density at radius 1 is 1.40 bits per heavy atom. The molecule has 3 rings (SSSR count). The van der Waals surface area contributed by atoms with Gasteiger partial charge in [0.1, 0.15) is 0 Å². The summed E-state index contributed by atoms with van der Waals surface area (Å²) in [4.78, 5) is 1.35. The lowest BCUT2D eigenvalue weighted by molar-refractivity contribution is 0.570. The number of nitrogens with one attached hydrogen (secondary N) is 1. The Balaban J connectivity index is 1.99. The van der Waals surface area contributed by atoms with Crippen LogP contribution in [0, 0.1) is 0 Å². The average Bonchev–Trinajstić information content (AvgIpc) is 3.01. The van der Waals surface area contributed by atoms with E-state index in [-0.39, 0.29) is 6.04 Å². The summed E-state index contributed by atoms with van der Waals surface area (Å²) in [5.41, 5.74) is 2.30. The molecule has 3 aromatic rings. The summed E-state index contributed by atoms with van der Waals surface area (Å²) in [5, 5.41) is 11.5. The Hall–Kier alpha value is -1.17. The van der Waals surface area contributed by atoms with Crippen molar-refractivity contribution in [1.29, 1.82) is 0 Å². The van der Waals surface area contributed by atoms with Gasteiger partial charge in [0.25, 0.3) is 0 Å². The standard InChI is InChI=1S/C15H16BrN3S/c1-17-13(8-11-7-10(16)9-20-11)15-12-5-3-4-6-14(12)19(2)18-15/h3-7,9,13,17H,8H2,1-2H3. The third-order valence-corrected chi connectivity index (χ3v) is 5.21. The van der Waals surface area contributed by atoms with Crippen LogP contribution in [0.4, 0.5) is 0 Å². The summed E-state index contributed by atoms with van der Waals surface area (Å²) in [6.45, 7) is 0. The number of para-hydroxylation sites is 1. The number of hydrogen-bond donors (Lipinski definition) is 1. The lowest BCUT2D eigenvalue weighted by atomic mass is 10.1. The fraction of sp³-hybridized carbons (Fsp3) is 0.267. The third kappa shape index (κ3) is 2.53. The number of thiophene rings is 1. The van der Waals surface area contributed by atoms with E-state index in [2.05, 4.69) is 57.0 Å². The van der Waals surface area contributed by atoms with E-state index in [4.69, 9.17) is 5.10 Å². The molecule has 1 atom stereocenters. The molecule has 0 saturated heterocycles. The van der Waals surface area contributed by atoms with Gasteiger partial charge in [0.05, 0.1) is 17.3 Å². The number of fused-ring (bicyclic) bond motifs is 1. The highest BCUT2D eigenvalue weighted by Gasteiger charge is 2.18. The van der Waals surface area contributed by atoms with Crippen molar-refractivity contribution in [2.24, 2.45) is 7.05 Å². The van der Waals surface area contributed by atoms with Gasteiger partial charge in [-0.15, -0.1) is 11.3 Å². The van der Waals surface area contributed by atoms with Gasteiger partial charge in [-0.3, -0.25) is 4.68 Å². The van der Waals surface area contributed by atoms with Gasteiger partial charge in [0.2, 0.25) is 0 Å². The SMILES string of the molecule is CNC(Cc1cc(Br)cs1)c1nn(C)c2ccccc12. The van der Waals surface area contributed by atoms with Crippen LogP contribution >= 0.6 is 27.3 Å². The van der Waals surface area contributed by atoms with Crippen molar-refractivity contribution < 1.29 is 0 Å². The molecule has 0 amide bonds. The molecule has 5 heteroatoms. The molecule has 104 valence electrons. The molecule has 0 aliphatic rings. The van der Waals surface area contributed by atoms with E-state index in [1.54, 1.807) is 11.3 Å². The molecule has 1 unspecified atom stereocenters. The van der Waals surface area contributed by atoms with Gasteiger partial charge >= 0.3 is 0 Å². The number of rotatable bonds is 4. The predicted octanol–water partition coefficient (Wildman–Crippen LogP) is 3.90. The van der Waals surface area contributed by atoms with Crippen molar-refractivity contribution in [3.8, 4) is 0 Å². The first-order chi connectivity index (χ1) is 9.69. The van der Waals surface area contributed by atoms with E-state index < -0.39 is 0 Å². The van der Waals surface area contributed by atoms with Crippen molar-refractivity contribution >= 4 is 38.2 Å². The molecular formula is C15H16BrN3S. The Labute approximate surface area is 130 Å². The third-order valence-electron chi connectivity index (χ3n) is 3.49. The maximum absolute atomic E-state index is 4.71. The highest BCUT2D eigenvalue weighted by atomic mass is 79.9. The molecule has 0 aliphatic heterocycles. The summed E-state index contributed by atoms with van der Waals surface area (Å²) in [5.74, 6) is 0. The minimum absolute atomic E-state index is 0.228. The van der Waals surface area contributed by atoms with Crippen LogP contribution in [-0.2, 0) is 13.5 Å². The van der Waals surface area contributed by atoms with E-state index in [0.717, 1.165) is 16.6 Å². The first kappa shape index (κ1) is 13.8. The van der Waals surface area contributed by atoms with Crippen LogP contribution < -0.4 is 5.32 Å². The fourth-order valence-electron chi connectivity index (χ4n) is 2.50. The van der Waals surface area contributed by atoms with E-state index >= 15 is 0 Å². The molecule has 2 heterocycles. The Kier molecular flexibility index (Phi) is 3.92. The van der Waals surface area contributed by atoms with Crippen LogP contribution in [0.5, 0.6) is 0 Å². The zero-order chi connectivity index (χ0) is 14.1. The van der Waals surface area contributed by atoms with Gasteiger partial charge in [-0.2, -0.15) is 5.10 Å². The molecule has 0 saturated carbocycles. The molecule has 0 bridgehead atoms. The molecule has 2 aromatic heterocycles. The molecule has 20 heavy (non-hydrogen) atoms. The van der Waals surface area contributed by atoms with E-state index in [1.165, 1.54) is 15.8 Å². The number of benzene rings is 1. The van der Waals surface area contributed by atoms with Crippen LogP contribution in [0.15, 0.2) is 40.2 Å². The minimum atomic E-state index is 0.228. The summed E-state index contributed by atoms with van der Waals surface area (Å²) < 4.78 is 3.11. The number of nitrogens with zero attached hydrogens (tertiary/aromatic N) is 2. The van der Waals surface area contributed by atoms with Gasteiger partial charge in [0.15, 0.2) is 0 Å². The van der Waals surface area contributed by atoms with Crippen LogP contribution in [0.2, 0.25) is 0 Å². The second-order valence-electron chi connectivity index (χ2n) is 4.80. The number of aryl methyl sites for hydroxylation is 1. The molecule has 0 radical (unpaired) electrons. The van der Waals surface area contributed by atoms with Crippen molar-refractivity contribution in [1.82, 2.24) is 15.1 Å². The highest BCUT2D eigenvalue weighted by Crippen LogP contribution is 2.28. The summed E-state index contributed by atoms with van der Waals surface area (Å²) in [6.07, 6.45) is 0.952. The molecular weight excluding hydrogens is 334 g/mol. The van der Waals surface area contributed by atoms with Gasteiger partial charge in [-0.05, 0) is 35.1 Å². The number of likely N-dealkylation sites (N-methyl/N-ethyl adjacent to an activating group) is 1.